The van der Waals surface area contributed by atoms with Crippen molar-refractivity contribution in [3.05, 3.63) is 55.5 Å². The van der Waals surface area contributed by atoms with Gasteiger partial charge in [-0.1, -0.05) is 23.5 Å². The van der Waals surface area contributed by atoms with Crippen molar-refractivity contribution < 1.29 is 4.79 Å². The molecular formula is C19H22N4O3S. The number of hydrogen-bond acceptors (Lipinski definition) is 4. The summed E-state index contributed by atoms with van der Waals surface area (Å²) in [5, 5.41) is 1.82. The first-order valence-electron chi connectivity index (χ1n) is 9.16. The minimum absolute atomic E-state index is 0.0160. The van der Waals surface area contributed by atoms with Crippen LogP contribution in [-0.4, -0.2) is 38.0 Å². The predicted octanol–water partition coefficient (Wildman–Crippen LogP) is 2.12. The van der Waals surface area contributed by atoms with Gasteiger partial charge in [-0.2, -0.15) is 0 Å². The Morgan fingerprint density at radius 2 is 1.96 bits per heavy atom. The van der Waals surface area contributed by atoms with Crippen LogP contribution in [0.5, 0.6) is 0 Å². The van der Waals surface area contributed by atoms with Crippen molar-refractivity contribution in [1.82, 2.24) is 19.0 Å². The number of thiazole rings is 1. The van der Waals surface area contributed by atoms with E-state index in [0.717, 1.165) is 29.6 Å². The smallest absolute Gasteiger partial charge is 0.326 e. The number of amides is 1. The summed E-state index contributed by atoms with van der Waals surface area (Å²) in [6, 6.07) is 7.79. The molecule has 27 heavy (non-hydrogen) atoms. The molecule has 4 rings (SSSR count). The van der Waals surface area contributed by atoms with Crippen molar-refractivity contribution >= 4 is 28.3 Å². The topological polar surface area (TPSA) is 80.1 Å². The fourth-order valence-corrected chi connectivity index (χ4v) is 4.61. The van der Waals surface area contributed by atoms with Gasteiger partial charge in [0.2, 0.25) is 5.91 Å². The van der Waals surface area contributed by atoms with E-state index in [2.05, 4.69) is 4.98 Å². The number of aryl methyl sites for hydroxylation is 1. The maximum Gasteiger partial charge on any atom is 0.326 e. The zero-order valence-electron chi connectivity index (χ0n) is 15.2. The molecule has 142 valence electrons. The first-order valence-corrected chi connectivity index (χ1v) is 10.0. The highest BCUT2D eigenvalue weighted by molar-refractivity contribution is 7.07. The summed E-state index contributed by atoms with van der Waals surface area (Å²) < 4.78 is 3.48. The van der Waals surface area contributed by atoms with Crippen LogP contribution in [0.3, 0.4) is 0 Å². The van der Waals surface area contributed by atoms with Crippen molar-refractivity contribution in [3.8, 4) is 0 Å². The minimum atomic E-state index is -0.0896. The van der Waals surface area contributed by atoms with Gasteiger partial charge in [0.25, 0.3) is 0 Å². The molecule has 3 heterocycles. The molecule has 3 aromatic rings. The predicted molar refractivity (Wildman–Crippen MR) is 105 cm³/mol. The van der Waals surface area contributed by atoms with E-state index < -0.39 is 0 Å². The maximum atomic E-state index is 12.5. The lowest BCUT2D eigenvalue weighted by Crippen LogP contribution is -2.41. The second-order valence-corrected chi connectivity index (χ2v) is 7.79. The number of imidazole rings is 1. The van der Waals surface area contributed by atoms with E-state index in [0.29, 0.717) is 26.1 Å². The lowest BCUT2D eigenvalue weighted by Gasteiger charge is -2.32. The molecule has 0 unspecified atom stereocenters. The van der Waals surface area contributed by atoms with Gasteiger partial charge in [-0.15, -0.1) is 0 Å². The Balaban J connectivity index is 1.40. The van der Waals surface area contributed by atoms with Gasteiger partial charge in [0.1, 0.15) is 0 Å². The Labute approximate surface area is 159 Å². The summed E-state index contributed by atoms with van der Waals surface area (Å²) in [5.41, 5.74) is 2.57. The molecule has 1 aromatic carbocycles. The van der Waals surface area contributed by atoms with E-state index in [1.54, 1.807) is 4.57 Å². The highest BCUT2D eigenvalue weighted by Gasteiger charge is 2.26. The number of aromatic nitrogens is 3. The number of carbonyl (C=O) groups is 1. The first-order chi connectivity index (χ1) is 13.0. The van der Waals surface area contributed by atoms with Gasteiger partial charge in [-0.25, -0.2) is 4.79 Å². The number of benzene rings is 1. The fourth-order valence-electron chi connectivity index (χ4n) is 3.85. The van der Waals surface area contributed by atoms with E-state index in [9.17, 15) is 14.4 Å². The second-order valence-electron chi connectivity index (χ2n) is 6.97. The zero-order valence-corrected chi connectivity index (χ0v) is 16.0. The van der Waals surface area contributed by atoms with Crippen LogP contribution in [0, 0.1) is 6.92 Å². The second kappa shape index (κ2) is 7.19. The van der Waals surface area contributed by atoms with Gasteiger partial charge in [0, 0.05) is 43.2 Å². The van der Waals surface area contributed by atoms with Crippen molar-refractivity contribution in [3.63, 3.8) is 0 Å². The monoisotopic (exact) mass is 386 g/mol. The molecule has 0 bridgehead atoms. The van der Waals surface area contributed by atoms with E-state index in [1.807, 2.05) is 46.0 Å². The van der Waals surface area contributed by atoms with Crippen LogP contribution in [0.15, 0.2) is 39.2 Å². The molecule has 0 spiro atoms. The SMILES string of the molecule is Cc1csc(=O)n1CCC(=O)N1CCC(n2c(=O)[nH]c3ccccc32)CC1. The fraction of sp³-hybridized carbons (Fsp3) is 0.421. The summed E-state index contributed by atoms with van der Waals surface area (Å²) in [5.74, 6) is 0.0669. The Morgan fingerprint density at radius 1 is 1.22 bits per heavy atom. The molecule has 1 N–H and O–H groups in total. The number of nitrogens with zero attached hydrogens (tertiary/aromatic N) is 3. The summed E-state index contributed by atoms with van der Waals surface area (Å²) in [6.45, 7) is 3.57. The van der Waals surface area contributed by atoms with Crippen LogP contribution in [0.4, 0.5) is 0 Å². The van der Waals surface area contributed by atoms with Gasteiger partial charge >= 0.3 is 10.6 Å². The number of aromatic amines is 1. The molecule has 8 heteroatoms. The molecule has 1 aliphatic heterocycles. The van der Waals surface area contributed by atoms with Crippen molar-refractivity contribution in [2.24, 2.45) is 0 Å². The van der Waals surface area contributed by atoms with E-state index in [-0.39, 0.29) is 22.5 Å². The molecule has 1 saturated heterocycles. The number of carbonyl (C=O) groups excluding carboxylic acids is 1. The van der Waals surface area contributed by atoms with Crippen LogP contribution in [0.1, 0.15) is 31.0 Å². The first kappa shape index (κ1) is 17.8. The molecule has 1 fully saturated rings. The van der Waals surface area contributed by atoms with Gasteiger partial charge in [0.15, 0.2) is 0 Å². The zero-order chi connectivity index (χ0) is 19.0. The van der Waals surface area contributed by atoms with Gasteiger partial charge in [-0.3, -0.25) is 14.2 Å². The molecule has 1 amide bonds. The third-order valence-corrected chi connectivity index (χ3v) is 6.21. The van der Waals surface area contributed by atoms with Crippen molar-refractivity contribution in [2.45, 2.75) is 38.8 Å². The van der Waals surface area contributed by atoms with Crippen molar-refractivity contribution in [1.29, 1.82) is 0 Å². The highest BCUT2D eigenvalue weighted by atomic mass is 32.1. The molecule has 0 aliphatic carbocycles. The standard InChI is InChI=1S/C19H22N4O3S/c1-13-12-27-19(26)22(13)11-8-17(24)21-9-6-14(7-10-21)23-16-5-3-2-4-15(16)20-18(23)25/h2-5,12,14H,6-11H2,1H3,(H,20,25). The average Bonchev–Trinajstić information content (AvgIpc) is 3.18. The van der Waals surface area contributed by atoms with Gasteiger partial charge in [-0.05, 0) is 31.9 Å². The summed E-state index contributed by atoms with van der Waals surface area (Å²) in [4.78, 5) is 41.4. The third-order valence-electron chi connectivity index (χ3n) is 5.33. The number of likely N-dealkylation sites (tertiary alicyclic amines) is 1. The number of piperidine rings is 1. The lowest BCUT2D eigenvalue weighted by atomic mass is 10.0. The number of fused-ring (bicyclic) bond motifs is 1. The highest BCUT2D eigenvalue weighted by Crippen LogP contribution is 2.25. The average molecular weight is 386 g/mol. The number of H-pyrrole nitrogens is 1. The molecule has 1 aliphatic rings. The lowest BCUT2D eigenvalue weighted by molar-refractivity contribution is -0.132. The van der Waals surface area contributed by atoms with Gasteiger partial charge in [0.05, 0.1) is 11.0 Å². The molecule has 0 saturated carbocycles. The minimum Gasteiger partial charge on any atom is -0.342 e. The van der Waals surface area contributed by atoms with Crippen LogP contribution < -0.4 is 10.6 Å². The molecule has 0 atom stereocenters. The number of rotatable bonds is 4. The third kappa shape index (κ3) is 3.37. The van der Waals surface area contributed by atoms with Crippen LogP contribution in [0.2, 0.25) is 0 Å². The Bertz CT molecular complexity index is 1080. The van der Waals surface area contributed by atoms with Crippen LogP contribution in [-0.2, 0) is 11.3 Å². The largest absolute Gasteiger partial charge is 0.342 e. The van der Waals surface area contributed by atoms with E-state index in [4.69, 9.17) is 0 Å². The number of nitrogens with one attached hydrogen (secondary N) is 1. The van der Waals surface area contributed by atoms with E-state index >= 15 is 0 Å². The summed E-state index contributed by atoms with van der Waals surface area (Å²) in [7, 11) is 0. The van der Waals surface area contributed by atoms with Gasteiger partial charge < -0.3 is 14.5 Å². The van der Waals surface area contributed by atoms with E-state index in [1.165, 1.54) is 11.3 Å². The quantitative estimate of drug-likeness (QED) is 0.746. The normalized spacial score (nSPS) is 15.5. The number of para-hydroxylation sites is 2. The van der Waals surface area contributed by atoms with Crippen LogP contribution in [0.25, 0.3) is 11.0 Å². The molecule has 2 aromatic heterocycles. The van der Waals surface area contributed by atoms with Crippen molar-refractivity contribution in [2.75, 3.05) is 13.1 Å². The van der Waals surface area contributed by atoms with Crippen LogP contribution >= 0.6 is 11.3 Å². The number of hydrogen-bond donors (Lipinski definition) is 1. The Kier molecular flexibility index (Phi) is 4.73. The Morgan fingerprint density at radius 3 is 2.67 bits per heavy atom. The summed E-state index contributed by atoms with van der Waals surface area (Å²) >= 11 is 1.17. The maximum absolute atomic E-state index is 12.5. The molecule has 7 nitrogen and oxygen atoms in total. The Hall–Kier alpha value is -2.61. The molecular weight excluding hydrogens is 364 g/mol. The molecule has 0 radical (unpaired) electrons. The summed E-state index contributed by atoms with van der Waals surface area (Å²) in [6.07, 6.45) is 1.84.